The fourth-order valence-corrected chi connectivity index (χ4v) is 5.24. The van der Waals surface area contributed by atoms with Crippen molar-refractivity contribution in [2.75, 3.05) is 16.7 Å². The first-order valence-electron chi connectivity index (χ1n) is 11.8. The van der Waals surface area contributed by atoms with E-state index < -0.39 is 46.7 Å². The Hall–Kier alpha value is -3.92. The van der Waals surface area contributed by atoms with Gasteiger partial charge in [0, 0.05) is 24.3 Å². The molecule has 5 N–H and O–H groups in total. The van der Waals surface area contributed by atoms with Gasteiger partial charge in [-0.05, 0) is 43.5 Å². The molecule has 3 heterocycles. The summed E-state index contributed by atoms with van der Waals surface area (Å²) in [5.41, 5.74) is 6.37. The smallest absolute Gasteiger partial charge is 0.393 e. The molecule has 1 aliphatic carbocycles. The highest BCUT2D eigenvalue weighted by atomic mass is 32.2. The van der Waals surface area contributed by atoms with Gasteiger partial charge in [-0.2, -0.15) is 13.2 Å². The Labute approximate surface area is 220 Å². The molecule has 0 saturated heterocycles. The lowest BCUT2D eigenvalue weighted by Crippen LogP contribution is -2.46. The average molecular weight is 568 g/mol. The van der Waals surface area contributed by atoms with Gasteiger partial charge in [-0.1, -0.05) is 0 Å². The van der Waals surface area contributed by atoms with Crippen LogP contribution in [-0.4, -0.2) is 75.5 Å². The normalized spacial score (nSPS) is 20.1. The van der Waals surface area contributed by atoms with Gasteiger partial charge in [-0.25, -0.2) is 17.9 Å². The second kappa shape index (κ2) is 9.08. The number of nitrogens with zero attached hydrogens (tertiary/aromatic N) is 4. The number of aliphatic hydroxyl groups is 1. The fourth-order valence-electron chi connectivity index (χ4n) is 4.68. The second-order valence-corrected chi connectivity index (χ2v) is 11.5. The molecular weight excluding hydrogens is 543 g/mol. The largest absolute Gasteiger partial charge is 0.408 e. The van der Waals surface area contributed by atoms with Gasteiger partial charge >= 0.3 is 6.18 Å². The molecule has 2 aromatic heterocycles. The third-order valence-electron chi connectivity index (χ3n) is 6.76. The number of carbonyl (C=O) groups excluding carboxylic acids is 2. The number of aromatic nitrogens is 3. The molecule has 16 heteroatoms. The summed E-state index contributed by atoms with van der Waals surface area (Å²) in [6.45, 7) is 0.453. The molecule has 0 unspecified atom stereocenters. The lowest BCUT2D eigenvalue weighted by atomic mass is 9.89. The van der Waals surface area contributed by atoms with Gasteiger partial charge in [0.1, 0.15) is 11.6 Å². The minimum absolute atomic E-state index is 0.00533. The number of fused-ring (bicyclic) bond motifs is 2. The molecule has 1 aromatic carbocycles. The molecule has 2 aliphatic rings. The Morgan fingerprint density at radius 2 is 1.97 bits per heavy atom. The number of alkyl halides is 3. The summed E-state index contributed by atoms with van der Waals surface area (Å²) >= 11 is 0. The predicted octanol–water partition coefficient (Wildman–Crippen LogP) is 1.51. The minimum Gasteiger partial charge on any atom is -0.393 e. The van der Waals surface area contributed by atoms with E-state index in [-0.39, 0.29) is 51.1 Å². The van der Waals surface area contributed by atoms with Crippen molar-refractivity contribution >= 4 is 39.0 Å². The van der Waals surface area contributed by atoms with Gasteiger partial charge in [0.2, 0.25) is 10.0 Å². The number of sulfonamides is 1. The van der Waals surface area contributed by atoms with Crippen LogP contribution in [0.25, 0.3) is 16.9 Å². The lowest BCUT2D eigenvalue weighted by Gasteiger charge is -2.31. The maximum atomic E-state index is 13.4. The Morgan fingerprint density at radius 1 is 1.28 bits per heavy atom. The first-order chi connectivity index (χ1) is 18.1. The van der Waals surface area contributed by atoms with Crippen LogP contribution in [0, 0.1) is 0 Å². The SMILES string of the molecule is C[C@H](N1Cc2cc(-c3ccn4nc(N)c(C(=O)NC5CC(O)C5)c4n3)cc(NS(C)(=O)=O)c2C1=O)C(F)(F)F. The number of halogens is 3. The number of nitrogens with one attached hydrogen (secondary N) is 2. The molecule has 1 saturated carbocycles. The molecule has 0 spiro atoms. The van der Waals surface area contributed by atoms with Crippen molar-refractivity contribution in [1.82, 2.24) is 24.8 Å². The van der Waals surface area contributed by atoms with Crippen LogP contribution in [-0.2, 0) is 16.6 Å². The highest BCUT2D eigenvalue weighted by molar-refractivity contribution is 7.92. The standard InChI is InChI=1S/C23H24F3N7O5S/c1-10(23(24,25)26)32-9-12-5-11(6-16(17(12)22(32)36)31-39(2,37)38)15-3-4-33-20(29-15)18(19(27)30-33)21(35)28-13-7-14(34)8-13/h3-6,10,13-14,31,34H,7-9H2,1-2H3,(H2,27,30)(H,28,35)/t10-,13?,14?/m0/s1. The van der Waals surface area contributed by atoms with E-state index in [1.54, 1.807) is 0 Å². The van der Waals surface area contributed by atoms with Crippen molar-refractivity contribution in [3.63, 3.8) is 0 Å². The van der Waals surface area contributed by atoms with Crippen LogP contribution < -0.4 is 15.8 Å². The van der Waals surface area contributed by atoms with E-state index in [1.165, 1.54) is 28.9 Å². The Kier molecular flexibility index (Phi) is 6.21. The zero-order valence-corrected chi connectivity index (χ0v) is 21.5. The lowest BCUT2D eigenvalue weighted by molar-refractivity contribution is -0.172. The first kappa shape index (κ1) is 26.7. The Bertz CT molecular complexity index is 1620. The number of anilines is 2. The zero-order chi connectivity index (χ0) is 28.4. The van der Waals surface area contributed by atoms with E-state index in [9.17, 15) is 36.3 Å². The summed E-state index contributed by atoms with van der Waals surface area (Å²) < 4.78 is 67.8. The average Bonchev–Trinajstić information content (AvgIpc) is 3.31. The monoisotopic (exact) mass is 567 g/mol. The summed E-state index contributed by atoms with van der Waals surface area (Å²) in [4.78, 5) is 31.0. The molecular formula is C23H24F3N7O5S. The van der Waals surface area contributed by atoms with Crippen LogP contribution in [0.3, 0.4) is 0 Å². The van der Waals surface area contributed by atoms with Crippen molar-refractivity contribution in [1.29, 1.82) is 0 Å². The topological polar surface area (TPSA) is 172 Å². The summed E-state index contributed by atoms with van der Waals surface area (Å²) in [7, 11) is -3.91. The van der Waals surface area contributed by atoms with Gasteiger partial charge in [0.15, 0.2) is 11.5 Å². The van der Waals surface area contributed by atoms with Gasteiger partial charge in [0.25, 0.3) is 11.8 Å². The highest BCUT2D eigenvalue weighted by Crippen LogP contribution is 2.38. The van der Waals surface area contributed by atoms with Crippen LogP contribution in [0.1, 0.15) is 46.0 Å². The molecule has 5 rings (SSSR count). The van der Waals surface area contributed by atoms with Gasteiger partial charge < -0.3 is 21.1 Å². The molecule has 2 amide bonds. The molecule has 0 radical (unpaired) electrons. The molecule has 1 atom stereocenters. The molecule has 12 nitrogen and oxygen atoms in total. The van der Waals surface area contributed by atoms with Crippen molar-refractivity contribution < 1.29 is 36.3 Å². The number of hydrogen-bond acceptors (Lipinski definition) is 8. The minimum atomic E-state index is -4.69. The zero-order valence-electron chi connectivity index (χ0n) is 20.7. The summed E-state index contributed by atoms with van der Waals surface area (Å²) in [6.07, 6.45) is -2.05. The fraction of sp³-hybridized carbons (Fsp3) is 0.391. The maximum absolute atomic E-state index is 13.4. The molecule has 1 aliphatic heterocycles. The Balaban J connectivity index is 1.57. The van der Waals surface area contributed by atoms with E-state index in [4.69, 9.17) is 5.73 Å². The number of aliphatic hydroxyl groups excluding tert-OH is 1. The predicted molar refractivity (Wildman–Crippen MR) is 133 cm³/mol. The van der Waals surface area contributed by atoms with Crippen LogP contribution in [0.2, 0.25) is 0 Å². The van der Waals surface area contributed by atoms with Crippen molar-refractivity contribution in [2.45, 2.75) is 50.7 Å². The molecule has 3 aromatic rings. The van der Waals surface area contributed by atoms with Crippen molar-refractivity contribution in [3.8, 4) is 11.3 Å². The number of rotatable bonds is 6. The van der Waals surface area contributed by atoms with Crippen LogP contribution in [0.5, 0.6) is 0 Å². The van der Waals surface area contributed by atoms with Crippen LogP contribution in [0.15, 0.2) is 24.4 Å². The molecule has 0 bridgehead atoms. The van der Waals surface area contributed by atoms with Crippen LogP contribution in [0.4, 0.5) is 24.7 Å². The summed E-state index contributed by atoms with van der Waals surface area (Å²) in [5.74, 6) is -1.59. The maximum Gasteiger partial charge on any atom is 0.408 e. The quantitative estimate of drug-likeness (QED) is 0.347. The highest BCUT2D eigenvalue weighted by Gasteiger charge is 2.46. The van der Waals surface area contributed by atoms with Gasteiger partial charge in [-0.15, -0.1) is 5.10 Å². The van der Waals surface area contributed by atoms with E-state index in [1.807, 2.05) is 0 Å². The van der Waals surface area contributed by atoms with E-state index >= 15 is 0 Å². The molecule has 39 heavy (non-hydrogen) atoms. The number of nitrogen functional groups attached to an aromatic ring is 1. The van der Waals surface area contributed by atoms with Crippen molar-refractivity contribution in [3.05, 3.63) is 41.1 Å². The van der Waals surface area contributed by atoms with Crippen molar-refractivity contribution in [2.24, 2.45) is 0 Å². The second-order valence-electron chi connectivity index (χ2n) is 9.72. The number of nitrogens with two attached hydrogens (primary N) is 1. The van der Waals surface area contributed by atoms with E-state index in [0.717, 1.165) is 13.2 Å². The number of carbonyl (C=O) groups is 2. The summed E-state index contributed by atoms with van der Waals surface area (Å²) in [5, 5.41) is 16.3. The molecule has 208 valence electrons. The van der Waals surface area contributed by atoms with Gasteiger partial charge in [-0.3, -0.25) is 14.3 Å². The third kappa shape index (κ3) is 4.96. The number of benzene rings is 1. The van der Waals surface area contributed by atoms with Gasteiger partial charge in [0.05, 0.1) is 29.3 Å². The number of amides is 2. The van der Waals surface area contributed by atoms with E-state index in [0.29, 0.717) is 17.7 Å². The third-order valence-corrected chi connectivity index (χ3v) is 7.35. The first-order valence-corrected chi connectivity index (χ1v) is 13.7. The van der Waals surface area contributed by atoms with E-state index in [2.05, 4.69) is 20.1 Å². The molecule has 1 fully saturated rings. The van der Waals surface area contributed by atoms with Crippen LogP contribution >= 0.6 is 0 Å². The Morgan fingerprint density at radius 3 is 2.59 bits per heavy atom. The number of hydrogen-bond donors (Lipinski definition) is 4. The summed E-state index contributed by atoms with van der Waals surface area (Å²) in [6, 6.07) is 1.92.